The van der Waals surface area contributed by atoms with E-state index in [9.17, 15) is 0 Å². The lowest BCUT2D eigenvalue weighted by Gasteiger charge is -2.26. The normalized spacial score (nSPS) is 15.2. The molecule has 0 aromatic rings. The van der Waals surface area contributed by atoms with Gasteiger partial charge >= 0.3 is 0 Å². The molecule has 0 aliphatic carbocycles. The van der Waals surface area contributed by atoms with Gasteiger partial charge in [0.1, 0.15) is 0 Å². The molecule has 0 rings (SSSR count). The number of ether oxygens (including phenoxy) is 2. The van der Waals surface area contributed by atoms with Gasteiger partial charge in [0.15, 0.2) is 0 Å². The monoisotopic (exact) mass is 231 g/mol. The molecular weight excluding hydrogens is 202 g/mol. The molecule has 1 atom stereocenters. The van der Waals surface area contributed by atoms with Crippen molar-refractivity contribution in [2.24, 2.45) is 0 Å². The smallest absolute Gasteiger partial charge is 0.0671 e. The van der Waals surface area contributed by atoms with Crippen LogP contribution in [-0.2, 0) is 9.47 Å². The molecule has 0 fully saturated rings. The van der Waals surface area contributed by atoms with E-state index in [1.807, 2.05) is 0 Å². The van der Waals surface area contributed by atoms with Gasteiger partial charge in [-0.3, -0.25) is 0 Å². The summed E-state index contributed by atoms with van der Waals surface area (Å²) in [6.07, 6.45) is 1.16. The van der Waals surface area contributed by atoms with Gasteiger partial charge in [-0.1, -0.05) is 0 Å². The van der Waals surface area contributed by atoms with Crippen LogP contribution in [0.5, 0.6) is 0 Å². The standard InChI is InChI=1S/C13H29NO2/c1-11(10-14-12(2,3)4)16-9-8-13(5,6)15-7/h11,14H,8-10H2,1-7H3. The second-order valence-corrected chi connectivity index (χ2v) is 6.03. The van der Waals surface area contributed by atoms with Gasteiger partial charge in [-0.15, -0.1) is 0 Å². The average molecular weight is 231 g/mol. The minimum Gasteiger partial charge on any atom is -0.379 e. The van der Waals surface area contributed by atoms with E-state index >= 15 is 0 Å². The highest BCUT2D eigenvalue weighted by atomic mass is 16.5. The molecule has 3 heteroatoms. The highest BCUT2D eigenvalue weighted by Gasteiger charge is 2.17. The summed E-state index contributed by atoms with van der Waals surface area (Å²) in [6.45, 7) is 14.4. The molecule has 0 saturated carbocycles. The van der Waals surface area contributed by atoms with Gasteiger partial charge < -0.3 is 14.8 Å². The Morgan fingerprint density at radius 2 is 1.69 bits per heavy atom. The van der Waals surface area contributed by atoms with Gasteiger partial charge in [0.05, 0.1) is 11.7 Å². The van der Waals surface area contributed by atoms with Crippen LogP contribution in [0.2, 0.25) is 0 Å². The summed E-state index contributed by atoms with van der Waals surface area (Å²) in [7, 11) is 1.74. The highest BCUT2D eigenvalue weighted by Crippen LogP contribution is 2.13. The number of rotatable bonds is 7. The van der Waals surface area contributed by atoms with Gasteiger partial charge in [0, 0.05) is 25.8 Å². The molecule has 0 amide bonds. The first kappa shape index (κ1) is 15.9. The lowest BCUT2D eigenvalue weighted by Crippen LogP contribution is -2.41. The fourth-order valence-corrected chi connectivity index (χ4v) is 1.12. The maximum absolute atomic E-state index is 5.73. The molecule has 0 aromatic carbocycles. The predicted octanol–water partition coefficient (Wildman–Crippen LogP) is 2.59. The third-order valence-corrected chi connectivity index (χ3v) is 2.58. The fourth-order valence-electron chi connectivity index (χ4n) is 1.12. The van der Waals surface area contributed by atoms with Crippen molar-refractivity contribution in [1.29, 1.82) is 0 Å². The lowest BCUT2D eigenvalue weighted by atomic mass is 10.1. The number of nitrogens with one attached hydrogen (secondary N) is 1. The first-order chi connectivity index (χ1) is 7.16. The van der Waals surface area contributed by atoms with Gasteiger partial charge in [-0.05, 0) is 48.0 Å². The van der Waals surface area contributed by atoms with Gasteiger partial charge in [-0.25, -0.2) is 0 Å². The van der Waals surface area contributed by atoms with Crippen LogP contribution in [-0.4, -0.2) is 37.5 Å². The van der Waals surface area contributed by atoms with Gasteiger partial charge in [-0.2, -0.15) is 0 Å². The van der Waals surface area contributed by atoms with Crippen LogP contribution in [0.1, 0.15) is 48.0 Å². The molecule has 0 bridgehead atoms. The summed E-state index contributed by atoms with van der Waals surface area (Å²) >= 11 is 0. The predicted molar refractivity (Wildman–Crippen MR) is 68.9 cm³/mol. The van der Waals surface area contributed by atoms with E-state index in [0.717, 1.165) is 19.6 Å². The van der Waals surface area contributed by atoms with Crippen molar-refractivity contribution in [3.8, 4) is 0 Å². The van der Waals surface area contributed by atoms with E-state index in [-0.39, 0.29) is 17.2 Å². The van der Waals surface area contributed by atoms with Gasteiger partial charge in [0.2, 0.25) is 0 Å². The van der Waals surface area contributed by atoms with Crippen molar-refractivity contribution < 1.29 is 9.47 Å². The molecule has 1 N–H and O–H groups in total. The van der Waals surface area contributed by atoms with E-state index < -0.39 is 0 Å². The van der Waals surface area contributed by atoms with Crippen LogP contribution in [0.15, 0.2) is 0 Å². The van der Waals surface area contributed by atoms with E-state index in [1.54, 1.807) is 7.11 Å². The Balaban J connectivity index is 3.63. The SMILES string of the molecule is COC(C)(C)CCOC(C)CNC(C)(C)C. The third-order valence-electron chi connectivity index (χ3n) is 2.58. The minimum absolute atomic E-state index is 0.0861. The summed E-state index contributed by atoms with van der Waals surface area (Å²) < 4.78 is 11.1. The minimum atomic E-state index is -0.0861. The van der Waals surface area contributed by atoms with E-state index in [4.69, 9.17) is 9.47 Å². The average Bonchev–Trinajstić information content (AvgIpc) is 2.13. The van der Waals surface area contributed by atoms with Crippen molar-refractivity contribution in [1.82, 2.24) is 5.32 Å². The van der Waals surface area contributed by atoms with Crippen LogP contribution < -0.4 is 5.32 Å². The lowest BCUT2D eigenvalue weighted by molar-refractivity contribution is -0.0237. The largest absolute Gasteiger partial charge is 0.379 e. The van der Waals surface area contributed by atoms with Crippen molar-refractivity contribution in [2.45, 2.75) is 65.2 Å². The molecule has 0 aliphatic heterocycles. The summed E-state index contributed by atoms with van der Waals surface area (Å²) in [6, 6.07) is 0. The van der Waals surface area contributed by atoms with E-state index in [0.29, 0.717) is 0 Å². The van der Waals surface area contributed by atoms with Crippen LogP contribution in [0, 0.1) is 0 Å². The topological polar surface area (TPSA) is 30.5 Å². The molecule has 0 heterocycles. The van der Waals surface area contributed by atoms with Crippen molar-refractivity contribution in [3.63, 3.8) is 0 Å². The Hall–Kier alpha value is -0.120. The van der Waals surface area contributed by atoms with E-state index in [1.165, 1.54) is 0 Å². The quantitative estimate of drug-likeness (QED) is 0.730. The van der Waals surface area contributed by atoms with E-state index in [2.05, 4.69) is 46.9 Å². The van der Waals surface area contributed by atoms with Crippen molar-refractivity contribution in [2.75, 3.05) is 20.3 Å². The molecule has 0 radical (unpaired) electrons. The third kappa shape index (κ3) is 9.13. The van der Waals surface area contributed by atoms with Crippen molar-refractivity contribution in [3.05, 3.63) is 0 Å². The molecular formula is C13H29NO2. The van der Waals surface area contributed by atoms with Crippen LogP contribution in [0.4, 0.5) is 0 Å². The molecule has 16 heavy (non-hydrogen) atoms. The van der Waals surface area contributed by atoms with Gasteiger partial charge in [0.25, 0.3) is 0 Å². The summed E-state index contributed by atoms with van der Waals surface area (Å²) in [5, 5.41) is 3.43. The molecule has 0 spiro atoms. The molecule has 0 saturated heterocycles. The van der Waals surface area contributed by atoms with Crippen LogP contribution in [0.25, 0.3) is 0 Å². The molecule has 1 unspecified atom stereocenters. The molecule has 3 nitrogen and oxygen atoms in total. The maximum Gasteiger partial charge on any atom is 0.0671 e. The zero-order valence-electron chi connectivity index (χ0n) is 12.0. The highest BCUT2D eigenvalue weighted by molar-refractivity contribution is 4.72. The Morgan fingerprint density at radius 3 is 2.12 bits per heavy atom. The second kappa shape index (κ2) is 6.58. The number of hydrogen-bond acceptors (Lipinski definition) is 3. The molecule has 0 aromatic heterocycles. The number of methoxy groups -OCH3 is 1. The fraction of sp³-hybridized carbons (Fsp3) is 1.00. The summed E-state index contributed by atoms with van der Waals surface area (Å²) in [5.41, 5.74) is 0.0700. The Kier molecular flexibility index (Phi) is 6.53. The molecule has 98 valence electrons. The van der Waals surface area contributed by atoms with Crippen LogP contribution in [0.3, 0.4) is 0 Å². The Morgan fingerprint density at radius 1 is 1.12 bits per heavy atom. The van der Waals surface area contributed by atoms with Crippen LogP contribution >= 0.6 is 0 Å². The Bertz CT molecular complexity index is 185. The first-order valence-corrected chi connectivity index (χ1v) is 6.08. The zero-order valence-corrected chi connectivity index (χ0v) is 12.0. The second-order valence-electron chi connectivity index (χ2n) is 6.03. The number of hydrogen-bond donors (Lipinski definition) is 1. The molecule has 0 aliphatic rings. The Labute approximate surface area is 101 Å². The zero-order chi connectivity index (χ0) is 12.8. The first-order valence-electron chi connectivity index (χ1n) is 6.08. The summed E-state index contributed by atoms with van der Waals surface area (Å²) in [4.78, 5) is 0. The maximum atomic E-state index is 5.73. The summed E-state index contributed by atoms with van der Waals surface area (Å²) in [5.74, 6) is 0. The van der Waals surface area contributed by atoms with Crippen molar-refractivity contribution >= 4 is 0 Å².